The molecule has 2 aromatic rings. The van der Waals surface area contributed by atoms with E-state index in [0.717, 1.165) is 11.6 Å². The molecule has 0 aliphatic carbocycles. The van der Waals surface area contributed by atoms with Gasteiger partial charge in [0.15, 0.2) is 0 Å². The molecule has 2 aromatic carbocycles. The van der Waals surface area contributed by atoms with E-state index < -0.39 is 0 Å². The highest BCUT2D eigenvalue weighted by molar-refractivity contribution is 6.30. The van der Waals surface area contributed by atoms with Crippen LogP contribution in [0.25, 0.3) is 11.1 Å². The molecular formula is C18H22ClN. The van der Waals surface area contributed by atoms with Crippen LogP contribution in [0.5, 0.6) is 0 Å². The van der Waals surface area contributed by atoms with Crippen LogP contribution < -0.4 is 0 Å². The van der Waals surface area contributed by atoms with Crippen molar-refractivity contribution >= 4 is 11.6 Å². The summed E-state index contributed by atoms with van der Waals surface area (Å²) in [6.07, 6.45) is 1.19. The Kier molecular flexibility index (Phi) is 5.22. The molecule has 0 radical (unpaired) electrons. The fraction of sp³-hybridized carbons (Fsp3) is 0.333. The Morgan fingerprint density at radius 1 is 0.900 bits per heavy atom. The zero-order valence-electron chi connectivity index (χ0n) is 12.4. The first-order valence-electron chi connectivity index (χ1n) is 7.07. The standard InChI is InChI=1S/C18H22ClN/c1-14(12-13-20(2)3)15-4-6-16(7-5-15)17-8-10-18(19)11-9-17/h4-11,14H,12-13H2,1-3H3. The highest BCUT2D eigenvalue weighted by atomic mass is 35.5. The Balaban J connectivity index is 2.07. The average Bonchev–Trinajstić information content (AvgIpc) is 2.46. The molecule has 2 rings (SSSR count). The summed E-state index contributed by atoms with van der Waals surface area (Å²) < 4.78 is 0. The van der Waals surface area contributed by atoms with Crippen molar-refractivity contribution in [2.75, 3.05) is 20.6 Å². The lowest BCUT2D eigenvalue weighted by atomic mass is 9.95. The second-order valence-corrected chi connectivity index (χ2v) is 6.06. The SMILES string of the molecule is CC(CCN(C)C)c1ccc(-c2ccc(Cl)cc2)cc1. The largest absolute Gasteiger partial charge is 0.309 e. The van der Waals surface area contributed by atoms with Gasteiger partial charge in [0.1, 0.15) is 0 Å². The molecule has 1 nitrogen and oxygen atoms in total. The summed E-state index contributed by atoms with van der Waals surface area (Å²) in [6, 6.07) is 16.9. The van der Waals surface area contributed by atoms with Crippen LogP contribution in [-0.4, -0.2) is 25.5 Å². The summed E-state index contributed by atoms with van der Waals surface area (Å²) in [4.78, 5) is 2.23. The summed E-state index contributed by atoms with van der Waals surface area (Å²) in [7, 11) is 4.24. The van der Waals surface area contributed by atoms with Gasteiger partial charge in [0.05, 0.1) is 0 Å². The highest BCUT2D eigenvalue weighted by Gasteiger charge is 2.06. The van der Waals surface area contributed by atoms with E-state index in [9.17, 15) is 0 Å². The molecule has 0 fully saturated rings. The quantitative estimate of drug-likeness (QED) is 0.743. The fourth-order valence-electron chi connectivity index (χ4n) is 2.26. The zero-order valence-corrected chi connectivity index (χ0v) is 13.2. The van der Waals surface area contributed by atoms with Crippen LogP contribution in [-0.2, 0) is 0 Å². The van der Waals surface area contributed by atoms with Crippen molar-refractivity contribution in [2.45, 2.75) is 19.3 Å². The lowest BCUT2D eigenvalue weighted by Crippen LogP contribution is -2.14. The summed E-state index contributed by atoms with van der Waals surface area (Å²) in [6.45, 7) is 3.42. The third-order valence-corrected chi connectivity index (χ3v) is 3.92. The van der Waals surface area contributed by atoms with Crippen LogP contribution >= 0.6 is 11.6 Å². The molecule has 0 amide bonds. The van der Waals surface area contributed by atoms with Gasteiger partial charge < -0.3 is 4.90 Å². The van der Waals surface area contributed by atoms with Gasteiger partial charge in [-0.1, -0.05) is 54.9 Å². The molecule has 0 saturated heterocycles. The number of hydrogen-bond donors (Lipinski definition) is 0. The predicted octanol–water partition coefficient (Wildman–Crippen LogP) is 5.06. The molecule has 0 aromatic heterocycles. The molecule has 0 aliphatic heterocycles. The Labute approximate surface area is 127 Å². The molecule has 2 heteroatoms. The van der Waals surface area contributed by atoms with E-state index in [1.807, 2.05) is 12.1 Å². The second-order valence-electron chi connectivity index (χ2n) is 5.62. The van der Waals surface area contributed by atoms with Crippen molar-refractivity contribution in [1.29, 1.82) is 0 Å². The number of nitrogens with zero attached hydrogens (tertiary/aromatic N) is 1. The van der Waals surface area contributed by atoms with Crippen molar-refractivity contribution in [3.05, 3.63) is 59.1 Å². The molecule has 1 atom stereocenters. The average molecular weight is 288 g/mol. The summed E-state index contributed by atoms with van der Waals surface area (Å²) in [5, 5.41) is 0.780. The van der Waals surface area contributed by atoms with Crippen molar-refractivity contribution < 1.29 is 0 Å². The van der Waals surface area contributed by atoms with Gasteiger partial charge in [-0.25, -0.2) is 0 Å². The Morgan fingerprint density at radius 2 is 1.40 bits per heavy atom. The van der Waals surface area contributed by atoms with Gasteiger partial charge in [0.25, 0.3) is 0 Å². The Bertz CT molecular complexity index is 528. The first-order valence-corrected chi connectivity index (χ1v) is 7.44. The first-order chi connectivity index (χ1) is 9.56. The normalized spacial score (nSPS) is 12.7. The van der Waals surface area contributed by atoms with Gasteiger partial charge in [-0.15, -0.1) is 0 Å². The minimum absolute atomic E-state index is 0.594. The lowest BCUT2D eigenvalue weighted by Gasteiger charge is -2.16. The first kappa shape index (κ1) is 15.1. The van der Waals surface area contributed by atoms with Gasteiger partial charge in [-0.3, -0.25) is 0 Å². The molecule has 106 valence electrons. The van der Waals surface area contributed by atoms with E-state index in [2.05, 4.69) is 62.3 Å². The molecular weight excluding hydrogens is 266 g/mol. The third kappa shape index (κ3) is 4.09. The van der Waals surface area contributed by atoms with Crippen LogP contribution in [0.3, 0.4) is 0 Å². The molecule has 0 aliphatic rings. The van der Waals surface area contributed by atoms with E-state index in [4.69, 9.17) is 11.6 Å². The van der Waals surface area contributed by atoms with E-state index in [1.165, 1.54) is 23.1 Å². The van der Waals surface area contributed by atoms with Crippen LogP contribution in [0.2, 0.25) is 5.02 Å². The second kappa shape index (κ2) is 6.92. The van der Waals surface area contributed by atoms with E-state index in [0.29, 0.717) is 5.92 Å². The maximum absolute atomic E-state index is 5.92. The molecule has 0 saturated carbocycles. The van der Waals surface area contributed by atoms with E-state index >= 15 is 0 Å². The lowest BCUT2D eigenvalue weighted by molar-refractivity contribution is 0.386. The van der Waals surface area contributed by atoms with Crippen molar-refractivity contribution in [1.82, 2.24) is 4.90 Å². The van der Waals surface area contributed by atoms with Gasteiger partial charge in [0.2, 0.25) is 0 Å². The smallest absolute Gasteiger partial charge is 0.0406 e. The topological polar surface area (TPSA) is 3.24 Å². The molecule has 0 heterocycles. The minimum atomic E-state index is 0.594. The number of rotatable bonds is 5. The fourth-order valence-corrected chi connectivity index (χ4v) is 2.39. The summed E-state index contributed by atoms with van der Waals surface area (Å²) in [5.41, 5.74) is 3.86. The molecule has 1 unspecified atom stereocenters. The monoisotopic (exact) mass is 287 g/mol. The Morgan fingerprint density at radius 3 is 1.90 bits per heavy atom. The van der Waals surface area contributed by atoms with Crippen LogP contribution in [0.15, 0.2) is 48.5 Å². The summed E-state index contributed by atoms with van der Waals surface area (Å²) in [5.74, 6) is 0.594. The maximum Gasteiger partial charge on any atom is 0.0406 e. The van der Waals surface area contributed by atoms with E-state index in [-0.39, 0.29) is 0 Å². The maximum atomic E-state index is 5.92. The van der Waals surface area contributed by atoms with Crippen molar-refractivity contribution in [2.24, 2.45) is 0 Å². The van der Waals surface area contributed by atoms with Crippen molar-refractivity contribution in [3.8, 4) is 11.1 Å². The third-order valence-electron chi connectivity index (χ3n) is 3.67. The van der Waals surface area contributed by atoms with Gasteiger partial charge in [-0.2, -0.15) is 0 Å². The van der Waals surface area contributed by atoms with E-state index in [1.54, 1.807) is 0 Å². The van der Waals surface area contributed by atoms with Gasteiger partial charge >= 0.3 is 0 Å². The predicted molar refractivity (Wildman–Crippen MR) is 88.5 cm³/mol. The zero-order chi connectivity index (χ0) is 14.5. The molecule has 0 bridgehead atoms. The van der Waals surface area contributed by atoms with Crippen LogP contribution in [0.4, 0.5) is 0 Å². The number of halogens is 1. The summed E-state index contributed by atoms with van der Waals surface area (Å²) >= 11 is 5.92. The van der Waals surface area contributed by atoms with Crippen LogP contribution in [0.1, 0.15) is 24.8 Å². The molecule has 20 heavy (non-hydrogen) atoms. The number of benzene rings is 2. The highest BCUT2D eigenvalue weighted by Crippen LogP contribution is 2.25. The van der Waals surface area contributed by atoms with Gasteiger partial charge in [0, 0.05) is 5.02 Å². The number of hydrogen-bond acceptors (Lipinski definition) is 1. The molecule has 0 spiro atoms. The molecule has 0 N–H and O–H groups in total. The van der Waals surface area contributed by atoms with Crippen molar-refractivity contribution in [3.63, 3.8) is 0 Å². The Hall–Kier alpha value is -1.31. The van der Waals surface area contributed by atoms with Gasteiger partial charge in [-0.05, 0) is 61.8 Å². The minimum Gasteiger partial charge on any atom is -0.309 e. The van der Waals surface area contributed by atoms with Crippen LogP contribution in [0, 0.1) is 0 Å².